The molecule has 0 bridgehead atoms. The summed E-state index contributed by atoms with van der Waals surface area (Å²) in [4.78, 5) is 30.0. The number of carbonyl (C=O) groups is 1. The van der Waals surface area contributed by atoms with Crippen LogP contribution in [-0.4, -0.2) is 76.6 Å². The van der Waals surface area contributed by atoms with Gasteiger partial charge < -0.3 is 14.4 Å². The average molecular weight is 465 g/mol. The van der Waals surface area contributed by atoms with E-state index in [1.807, 2.05) is 48.1 Å². The molecule has 9 heteroatoms. The molecule has 1 aromatic carbocycles. The molecule has 4 rings (SSSR count). The van der Waals surface area contributed by atoms with E-state index >= 15 is 0 Å². The van der Waals surface area contributed by atoms with E-state index in [1.54, 1.807) is 4.90 Å². The van der Waals surface area contributed by atoms with Crippen LogP contribution in [0.2, 0.25) is 5.02 Å². The number of morpholine rings is 1. The largest absolute Gasteiger partial charge is 0.444 e. The van der Waals surface area contributed by atoms with Crippen LogP contribution in [0.15, 0.2) is 23.0 Å². The predicted molar refractivity (Wildman–Crippen MR) is 125 cm³/mol. The molecule has 2 aromatic rings. The van der Waals surface area contributed by atoms with Crippen molar-refractivity contribution >= 4 is 28.7 Å². The number of hydrogen-bond acceptors (Lipinski definition) is 5. The lowest BCUT2D eigenvalue weighted by molar-refractivity contribution is 0.0188. The molecule has 0 radical (unpaired) electrons. The summed E-state index contributed by atoms with van der Waals surface area (Å²) in [5, 5.41) is 0.620. The summed E-state index contributed by atoms with van der Waals surface area (Å²) in [7, 11) is 0. The molecule has 3 heterocycles. The third-order valence-corrected chi connectivity index (χ3v) is 6.38. The lowest BCUT2D eigenvalue weighted by atomic mass is 10.0. The summed E-state index contributed by atoms with van der Waals surface area (Å²) in [5.74, 6) is 0. The quantitative estimate of drug-likeness (QED) is 0.694. The van der Waals surface area contributed by atoms with Crippen LogP contribution >= 0.6 is 11.6 Å². The second kappa shape index (κ2) is 9.45. The Morgan fingerprint density at radius 1 is 1.09 bits per heavy atom. The number of likely N-dealkylation sites (tertiary alicyclic amines) is 1. The van der Waals surface area contributed by atoms with Crippen molar-refractivity contribution in [3.63, 3.8) is 0 Å². The molecular formula is C23H33ClN4O4. The maximum absolute atomic E-state index is 13.5. The van der Waals surface area contributed by atoms with Gasteiger partial charge in [0, 0.05) is 50.3 Å². The highest BCUT2D eigenvalue weighted by atomic mass is 35.5. The third kappa shape index (κ3) is 5.13. The van der Waals surface area contributed by atoms with Crippen LogP contribution in [0.3, 0.4) is 0 Å². The van der Waals surface area contributed by atoms with Crippen molar-refractivity contribution < 1.29 is 14.3 Å². The smallest absolute Gasteiger partial charge is 0.410 e. The zero-order valence-corrected chi connectivity index (χ0v) is 19.9. The van der Waals surface area contributed by atoms with Crippen molar-refractivity contribution in [2.24, 2.45) is 0 Å². The van der Waals surface area contributed by atoms with Crippen LogP contribution in [0, 0.1) is 0 Å². The highest BCUT2D eigenvalue weighted by Crippen LogP contribution is 2.28. The molecule has 0 unspecified atom stereocenters. The molecule has 0 aliphatic carbocycles. The molecule has 0 saturated carbocycles. The van der Waals surface area contributed by atoms with Gasteiger partial charge in [-0.05, 0) is 51.8 Å². The first-order valence-electron chi connectivity index (χ1n) is 11.4. The first kappa shape index (κ1) is 23.1. The van der Waals surface area contributed by atoms with Crippen LogP contribution in [-0.2, 0) is 16.0 Å². The minimum Gasteiger partial charge on any atom is -0.444 e. The van der Waals surface area contributed by atoms with Gasteiger partial charge >= 0.3 is 11.8 Å². The lowest BCUT2D eigenvalue weighted by Gasteiger charge is -2.33. The molecule has 8 nitrogen and oxygen atoms in total. The predicted octanol–water partition coefficient (Wildman–Crippen LogP) is 3.36. The molecule has 176 valence electrons. The van der Waals surface area contributed by atoms with Crippen molar-refractivity contribution in [3.8, 4) is 0 Å². The van der Waals surface area contributed by atoms with E-state index in [0.29, 0.717) is 37.5 Å². The van der Waals surface area contributed by atoms with Gasteiger partial charge in [-0.1, -0.05) is 11.6 Å². The molecule has 2 aliphatic rings. The Morgan fingerprint density at radius 2 is 1.78 bits per heavy atom. The van der Waals surface area contributed by atoms with Crippen molar-refractivity contribution in [3.05, 3.63) is 33.7 Å². The van der Waals surface area contributed by atoms with Crippen molar-refractivity contribution in [1.29, 1.82) is 0 Å². The van der Waals surface area contributed by atoms with Crippen molar-refractivity contribution in [2.75, 3.05) is 45.9 Å². The average Bonchev–Trinajstić information content (AvgIpc) is 3.02. The number of carbonyl (C=O) groups excluding carboxylic acids is 1. The zero-order chi connectivity index (χ0) is 22.9. The Hall–Kier alpha value is -2.03. The molecule has 2 fully saturated rings. The monoisotopic (exact) mass is 464 g/mol. The molecule has 2 aliphatic heterocycles. The lowest BCUT2D eigenvalue weighted by Crippen LogP contribution is -2.43. The van der Waals surface area contributed by atoms with Crippen molar-refractivity contribution in [1.82, 2.24) is 18.9 Å². The first-order chi connectivity index (χ1) is 15.2. The molecular weight excluding hydrogens is 432 g/mol. The molecule has 2 saturated heterocycles. The van der Waals surface area contributed by atoms with Crippen LogP contribution in [0.1, 0.15) is 39.7 Å². The Morgan fingerprint density at radius 3 is 2.44 bits per heavy atom. The number of halogens is 1. The molecule has 32 heavy (non-hydrogen) atoms. The van der Waals surface area contributed by atoms with E-state index in [0.717, 1.165) is 43.9 Å². The number of amides is 1. The Kier molecular flexibility index (Phi) is 6.83. The molecule has 1 amide bonds. The zero-order valence-electron chi connectivity index (χ0n) is 19.2. The van der Waals surface area contributed by atoms with E-state index in [-0.39, 0.29) is 17.8 Å². The first-order valence-corrected chi connectivity index (χ1v) is 11.8. The molecule has 0 N–H and O–H groups in total. The maximum Gasteiger partial charge on any atom is 0.410 e. The fraction of sp³-hybridized carbons (Fsp3) is 0.652. The maximum atomic E-state index is 13.5. The Bertz CT molecular complexity index is 1010. The van der Waals surface area contributed by atoms with Crippen LogP contribution in [0.25, 0.3) is 11.0 Å². The summed E-state index contributed by atoms with van der Waals surface area (Å²) in [6.45, 7) is 11.4. The second-order valence-corrected chi connectivity index (χ2v) is 10.0. The number of ether oxygens (including phenoxy) is 2. The number of imidazole rings is 1. The highest BCUT2D eigenvalue weighted by Gasteiger charge is 2.30. The van der Waals surface area contributed by atoms with E-state index in [4.69, 9.17) is 21.1 Å². The van der Waals surface area contributed by atoms with E-state index < -0.39 is 5.60 Å². The number of rotatable bonds is 4. The van der Waals surface area contributed by atoms with Gasteiger partial charge in [-0.15, -0.1) is 0 Å². The number of aromatic nitrogens is 2. The van der Waals surface area contributed by atoms with Gasteiger partial charge in [-0.3, -0.25) is 14.0 Å². The summed E-state index contributed by atoms with van der Waals surface area (Å²) in [6.07, 6.45) is 1.14. The number of nitrogens with zero attached hydrogens (tertiary/aromatic N) is 4. The second-order valence-electron chi connectivity index (χ2n) is 9.59. The summed E-state index contributed by atoms with van der Waals surface area (Å²) >= 11 is 6.28. The number of piperidine rings is 1. The Labute approximate surface area is 193 Å². The number of fused-ring (bicyclic) bond motifs is 1. The van der Waals surface area contributed by atoms with Gasteiger partial charge in [-0.25, -0.2) is 9.59 Å². The minimum atomic E-state index is -0.516. The van der Waals surface area contributed by atoms with Gasteiger partial charge in [0.25, 0.3) is 0 Å². The molecule has 0 spiro atoms. The van der Waals surface area contributed by atoms with E-state index in [1.165, 1.54) is 0 Å². The van der Waals surface area contributed by atoms with E-state index in [9.17, 15) is 9.59 Å². The van der Waals surface area contributed by atoms with E-state index in [2.05, 4.69) is 4.90 Å². The SMILES string of the molecule is CC(C)(C)OC(=O)N1CCC(n2c(=O)n(CCN3CCOCC3)c3cc(Cl)ccc32)CC1. The molecule has 0 atom stereocenters. The molecule has 1 aromatic heterocycles. The topological polar surface area (TPSA) is 68.9 Å². The summed E-state index contributed by atoms with van der Waals surface area (Å²) in [5.41, 5.74) is 1.24. The van der Waals surface area contributed by atoms with Gasteiger partial charge in [0.2, 0.25) is 0 Å². The summed E-state index contributed by atoms with van der Waals surface area (Å²) in [6, 6.07) is 5.69. The van der Waals surface area contributed by atoms with Crippen molar-refractivity contribution in [2.45, 2.75) is 51.8 Å². The Balaban J connectivity index is 1.53. The fourth-order valence-corrected chi connectivity index (χ4v) is 4.69. The number of hydrogen-bond donors (Lipinski definition) is 0. The van der Waals surface area contributed by atoms with Gasteiger partial charge in [0.15, 0.2) is 0 Å². The van der Waals surface area contributed by atoms with Gasteiger partial charge in [-0.2, -0.15) is 0 Å². The number of benzene rings is 1. The third-order valence-electron chi connectivity index (χ3n) is 6.15. The standard InChI is InChI=1S/C23H33ClN4O4/c1-23(2,3)32-22(30)26-8-6-18(7-9-26)28-19-5-4-17(24)16-20(19)27(21(28)29)11-10-25-12-14-31-15-13-25/h4-5,16,18H,6-15H2,1-3H3. The fourth-order valence-electron chi connectivity index (χ4n) is 4.52. The summed E-state index contributed by atoms with van der Waals surface area (Å²) < 4.78 is 14.7. The van der Waals surface area contributed by atoms with Crippen LogP contribution in [0.4, 0.5) is 4.79 Å². The van der Waals surface area contributed by atoms with Crippen LogP contribution in [0.5, 0.6) is 0 Å². The van der Waals surface area contributed by atoms with Crippen LogP contribution < -0.4 is 5.69 Å². The highest BCUT2D eigenvalue weighted by molar-refractivity contribution is 6.31. The minimum absolute atomic E-state index is 0.00811. The van der Waals surface area contributed by atoms with Gasteiger partial charge in [0.05, 0.1) is 24.2 Å². The normalized spacial score (nSPS) is 18.9. The van der Waals surface area contributed by atoms with Gasteiger partial charge in [0.1, 0.15) is 5.60 Å².